The van der Waals surface area contributed by atoms with E-state index in [0.717, 1.165) is 12.1 Å². The standard InChI is InChI=1S/C13H12ClF3N2O/c14-6-2-1-3-12(20)19-10-5-4-9(8-18)11(7-10)13(15,16)17/h4-5,7H,1-3,6H2,(H,19,20). The highest BCUT2D eigenvalue weighted by Crippen LogP contribution is 2.33. The molecule has 7 heteroatoms. The summed E-state index contributed by atoms with van der Waals surface area (Å²) in [6.45, 7) is 0. The monoisotopic (exact) mass is 304 g/mol. The molecular formula is C13H12ClF3N2O. The van der Waals surface area contributed by atoms with Gasteiger partial charge in [0.05, 0.1) is 17.2 Å². The molecule has 0 fully saturated rings. The molecule has 1 N–H and O–H groups in total. The summed E-state index contributed by atoms with van der Waals surface area (Å²) in [5.74, 6) is 0.0514. The number of anilines is 1. The van der Waals surface area contributed by atoms with Gasteiger partial charge in [-0.05, 0) is 31.0 Å². The van der Waals surface area contributed by atoms with Crippen molar-refractivity contribution in [2.45, 2.75) is 25.4 Å². The lowest BCUT2D eigenvalue weighted by Gasteiger charge is -2.11. The van der Waals surface area contributed by atoms with E-state index in [0.29, 0.717) is 18.7 Å². The number of rotatable bonds is 5. The molecule has 3 nitrogen and oxygen atoms in total. The second-order valence-corrected chi connectivity index (χ2v) is 4.44. The van der Waals surface area contributed by atoms with Gasteiger partial charge in [0.1, 0.15) is 0 Å². The van der Waals surface area contributed by atoms with Crippen LogP contribution < -0.4 is 5.32 Å². The van der Waals surface area contributed by atoms with Gasteiger partial charge in [-0.1, -0.05) is 0 Å². The molecule has 1 aromatic carbocycles. The minimum Gasteiger partial charge on any atom is -0.326 e. The van der Waals surface area contributed by atoms with Crippen LogP contribution >= 0.6 is 11.6 Å². The Hall–Kier alpha value is -1.74. The Morgan fingerprint density at radius 2 is 2.05 bits per heavy atom. The lowest BCUT2D eigenvalue weighted by molar-refractivity contribution is -0.137. The maximum Gasteiger partial charge on any atom is 0.417 e. The average molecular weight is 305 g/mol. The van der Waals surface area contributed by atoms with Gasteiger partial charge in [0.25, 0.3) is 0 Å². The molecule has 0 unspecified atom stereocenters. The highest BCUT2D eigenvalue weighted by atomic mass is 35.5. The molecule has 0 spiro atoms. The summed E-state index contributed by atoms with van der Waals surface area (Å²) in [5.41, 5.74) is -1.51. The maximum absolute atomic E-state index is 12.7. The van der Waals surface area contributed by atoms with E-state index in [-0.39, 0.29) is 18.0 Å². The van der Waals surface area contributed by atoms with Crippen LogP contribution in [-0.2, 0) is 11.0 Å². The number of hydrogen-bond acceptors (Lipinski definition) is 2. The molecule has 1 rings (SSSR count). The lowest BCUT2D eigenvalue weighted by atomic mass is 10.1. The smallest absolute Gasteiger partial charge is 0.326 e. The van der Waals surface area contributed by atoms with Crippen LogP contribution in [0.25, 0.3) is 0 Å². The van der Waals surface area contributed by atoms with Crippen molar-refractivity contribution in [2.75, 3.05) is 11.2 Å². The molecule has 0 saturated heterocycles. The van der Waals surface area contributed by atoms with Gasteiger partial charge in [0, 0.05) is 18.0 Å². The number of hydrogen-bond donors (Lipinski definition) is 1. The first-order valence-electron chi connectivity index (χ1n) is 5.85. The number of benzene rings is 1. The molecular weight excluding hydrogens is 293 g/mol. The first kappa shape index (κ1) is 16.3. The van der Waals surface area contributed by atoms with Gasteiger partial charge in [-0.3, -0.25) is 4.79 Å². The molecule has 0 bridgehead atoms. The summed E-state index contributed by atoms with van der Waals surface area (Å²) >= 11 is 5.46. The van der Waals surface area contributed by atoms with Gasteiger partial charge in [0.2, 0.25) is 5.91 Å². The Labute approximate surface area is 119 Å². The van der Waals surface area contributed by atoms with E-state index in [9.17, 15) is 18.0 Å². The number of nitrogens with zero attached hydrogens (tertiary/aromatic N) is 1. The lowest BCUT2D eigenvalue weighted by Crippen LogP contribution is -2.13. The zero-order valence-electron chi connectivity index (χ0n) is 10.4. The minimum atomic E-state index is -4.63. The third-order valence-corrected chi connectivity index (χ3v) is 2.78. The van der Waals surface area contributed by atoms with Crippen LogP contribution in [0.2, 0.25) is 0 Å². The van der Waals surface area contributed by atoms with Gasteiger partial charge in [-0.25, -0.2) is 0 Å². The Morgan fingerprint density at radius 1 is 1.35 bits per heavy atom. The molecule has 1 amide bonds. The molecule has 0 atom stereocenters. The quantitative estimate of drug-likeness (QED) is 0.662. The fourth-order valence-electron chi connectivity index (χ4n) is 1.56. The first-order chi connectivity index (χ1) is 9.38. The van der Waals surface area contributed by atoms with Crippen molar-refractivity contribution in [1.82, 2.24) is 0 Å². The van der Waals surface area contributed by atoms with Crippen molar-refractivity contribution in [1.29, 1.82) is 5.26 Å². The largest absolute Gasteiger partial charge is 0.417 e. The van der Waals surface area contributed by atoms with Gasteiger partial charge < -0.3 is 5.32 Å². The number of carbonyl (C=O) groups excluding carboxylic acids is 1. The molecule has 0 aliphatic carbocycles. The summed E-state index contributed by atoms with van der Waals surface area (Å²) in [4.78, 5) is 11.5. The SMILES string of the molecule is N#Cc1ccc(NC(=O)CCCCCl)cc1C(F)(F)F. The fourth-order valence-corrected chi connectivity index (χ4v) is 1.75. The van der Waals surface area contributed by atoms with Crippen LogP contribution in [-0.4, -0.2) is 11.8 Å². The Morgan fingerprint density at radius 3 is 2.60 bits per heavy atom. The third-order valence-electron chi connectivity index (χ3n) is 2.52. The van der Waals surface area contributed by atoms with Gasteiger partial charge in [0.15, 0.2) is 0 Å². The van der Waals surface area contributed by atoms with Crippen molar-refractivity contribution in [3.05, 3.63) is 29.3 Å². The van der Waals surface area contributed by atoms with E-state index in [1.807, 2.05) is 0 Å². The van der Waals surface area contributed by atoms with Crippen molar-refractivity contribution >= 4 is 23.2 Å². The van der Waals surface area contributed by atoms with Crippen LogP contribution in [0.15, 0.2) is 18.2 Å². The molecule has 20 heavy (non-hydrogen) atoms. The highest BCUT2D eigenvalue weighted by Gasteiger charge is 2.33. The number of unbranched alkanes of at least 4 members (excludes halogenated alkanes) is 1. The second kappa shape index (κ2) is 7.15. The summed E-state index contributed by atoms with van der Waals surface area (Å²) in [6, 6.07) is 4.55. The maximum atomic E-state index is 12.7. The number of nitrogens with one attached hydrogen (secondary N) is 1. The van der Waals surface area contributed by atoms with E-state index in [1.165, 1.54) is 12.1 Å². The normalized spacial score (nSPS) is 10.9. The first-order valence-corrected chi connectivity index (χ1v) is 6.39. The molecule has 0 radical (unpaired) electrons. The number of alkyl halides is 4. The molecule has 0 aromatic heterocycles. The summed E-state index contributed by atoms with van der Waals surface area (Å²) in [6.07, 6.45) is -3.22. The molecule has 0 aliphatic rings. The zero-order valence-corrected chi connectivity index (χ0v) is 11.2. The van der Waals surface area contributed by atoms with Crippen molar-refractivity contribution in [3.63, 3.8) is 0 Å². The summed E-state index contributed by atoms with van der Waals surface area (Å²) in [7, 11) is 0. The molecule has 1 aromatic rings. The molecule has 0 heterocycles. The van der Waals surface area contributed by atoms with E-state index in [1.54, 1.807) is 0 Å². The van der Waals surface area contributed by atoms with Crippen LogP contribution in [0.1, 0.15) is 30.4 Å². The summed E-state index contributed by atoms with van der Waals surface area (Å²) in [5, 5.41) is 11.0. The van der Waals surface area contributed by atoms with E-state index >= 15 is 0 Å². The molecule has 0 saturated carbocycles. The number of halogens is 4. The predicted octanol–water partition coefficient (Wildman–Crippen LogP) is 3.92. The predicted molar refractivity (Wildman–Crippen MR) is 69.4 cm³/mol. The van der Waals surface area contributed by atoms with Crippen LogP contribution in [0.4, 0.5) is 18.9 Å². The highest BCUT2D eigenvalue weighted by molar-refractivity contribution is 6.17. The Kier molecular flexibility index (Phi) is 5.83. The van der Waals surface area contributed by atoms with Crippen molar-refractivity contribution < 1.29 is 18.0 Å². The van der Waals surface area contributed by atoms with E-state index < -0.39 is 17.3 Å². The average Bonchev–Trinajstić information content (AvgIpc) is 2.38. The number of carbonyl (C=O) groups is 1. The fraction of sp³-hybridized carbons (Fsp3) is 0.385. The van der Waals surface area contributed by atoms with Gasteiger partial charge >= 0.3 is 6.18 Å². The zero-order chi connectivity index (χ0) is 15.2. The number of amides is 1. The molecule has 108 valence electrons. The van der Waals surface area contributed by atoms with Crippen LogP contribution in [0.3, 0.4) is 0 Å². The van der Waals surface area contributed by atoms with E-state index in [4.69, 9.17) is 16.9 Å². The summed E-state index contributed by atoms with van der Waals surface area (Å²) < 4.78 is 38.2. The van der Waals surface area contributed by atoms with Crippen LogP contribution in [0, 0.1) is 11.3 Å². The van der Waals surface area contributed by atoms with Gasteiger partial charge in [-0.15, -0.1) is 11.6 Å². The Bertz CT molecular complexity index is 523. The molecule has 0 aliphatic heterocycles. The number of nitriles is 1. The van der Waals surface area contributed by atoms with Gasteiger partial charge in [-0.2, -0.15) is 18.4 Å². The van der Waals surface area contributed by atoms with E-state index in [2.05, 4.69) is 5.32 Å². The topological polar surface area (TPSA) is 52.9 Å². The third kappa shape index (κ3) is 4.74. The van der Waals surface area contributed by atoms with Crippen molar-refractivity contribution in [2.24, 2.45) is 0 Å². The minimum absolute atomic E-state index is 0.0206. The van der Waals surface area contributed by atoms with Crippen LogP contribution in [0.5, 0.6) is 0 Å². The Balaban J connectivity index is 2.83. The van der Waals surface area contributed by atoms with Crippen molar-refractivity contribution in [3.8, 4) is 6.07 Å². The second-order valence-electron chi connectivity index (χ2n) is 4.06.